The molecule has 0 aliphatic carbocycles. The quantitative estimate of drug-likeness (QED) is 0.510. The van der Waals surface area contributed by atoms with Crippen LogP contribution in [0.1, 0.15) is 18.1 Å². The highest BCUT2D eigenvalue weighted by Gasteiger charge is 2.57. The van der Waals surface area contributed by atoms with Gasteiger partial charge in [-0.25, -0.2) is 4.79 Å². The summed E-state index contributed by atoms with van der Waals surface area (Å²) in [5.41, 5.74) is 6.81. The number of nitrogens with zero attached hydrogens (tertiary/aromatic N) is 1. The van der Waals surface area contributed by atoms with E-state index in [1.807, 2.05) is 0 Å². The predicted molar refractivity (Wildman–Crippen MR) is 118 cm³/mol. The molecule has 1 atom stereocenters. The maximum Gasteiger partial charge on any atom is 0.450 e. The van der Waals surface area contributed by atoms with Gasteiger partial charge in [0.25, 0.3) is 0 Å². The molecule has 0 bridgehead atoms. The van der Waals surface area contributed by atoms with Gasteiger partial charge in [-0.2, -0.15) is 16.8 Å². The molecule has 1 heterocycles. The van der Waals surface area contributed by atoms with Crippen molar-refractivity contribution in [1.82, 2.24) is 3.29 Å². The van der Waals surface area contributed by atoms with Crippen molar-refractivity contribution in [2.45, 2.75) is 12.5 Å². The van der Waals surface area contributed by atoms with E-state index in [4.69, 9.17) is 15.2 Å². The maximum atomic E-state index is 12.6. The topological polar surface area (TPSA) is 130 Å². The molecule has 0 fully saturated rings. The monoisotopic (exact) mass is 467 g/mol. The summed E-state index contributed by atoms with van der Waals surface area (Å²) in [6.07, 6.45) is 2.67. The van der Waals surface area contributed by atoms with Crippen molar-refractivity contribution in [2.24, 2.45) is 5.73 Å². The van der Waals surface area contributed by atoms with Gasteiger partial charge in [0.1, 0.15) is 17.6 Å². The molecule has 2 aromatic rings. The van der Waals surface area contributed by atoms with E-state index in [0.717, 1.165) is 0 Å². The highest BCUT2D eigenvalue weighted by Crippen LogP contribution is 2.49. The second-order valence-corrected chi connectivity index (χ2v) is 11.4. The number of nitrogens with two attached hydrogens (primary N) is 1. The number of carbonyl (C=O) groups excluding carboxylic acids is 1. The van der Waals surface area contributed by atoms with E-state index in [1.165, 1.54) is 25.3 Å². The summed E-state index contributed by atoms with van der Waals surface area (Å²) in [7, 11) is -7.65. The fourth-order valence-corrected chi connectivity index (χ4v) is 7.51. The van der Waals surface area contributed by atoms with Crippen LogP contribution in [0.15, 0.2) is 49.1 Å². The Balaban J connectivity index is 2.42. The van der Waals surface area contributed by atoms with Crippen LogP contribution in [0.25, 0.3) is 11.1 Å². The Labute approximate surface area is 181 Å². The van der Waals surface area contributed by atoms with Crippen LogP contribution in [0, 0.1) is 0 Å². The van der Waals surface area contributed by atoms with Crippen molar-refractivity contribution in [3.63, 3.8) is 0 Å². The van der Waals surface area contributed by atoms with Gasteiger partial charge in [0.15, 0.2) is 5.69 Å². The number of quaternary nitrogens is 1. The molecule has 0 saturated carbocycles. The second kappa shape index (κ2) is 7.66. The first kappa shape index (κ1) is 22.8. The Bertz CT molecular complexity index is 1250. The number of sulfonamides is 2. The van der Waals surface area contributed by atoms with E-state index in [0.29, 0.717) is 47.1 Å². The van der Waals surface area contributed by atoms with Gasteiger partial charge in [-0.3, -0.25) is 0 Å². The molecule has 0 aromatic heterocycles. The highest BCUT2D eigenvalue weighted by molar-refractivity contribution is 8.07. The van der Waals surface area contributed by atoms with Crippen LogP contribution in [-0.2, 0) is 20.0 Å². The minimum atomic E-state index is -4.58. The summed E-state index contributed by atoms with van der Waals surface area (Å²) in [6, 6.07) is 7.84. The zero-order valence-corrected chi connectivity index (χ0v) is 18.9. The van der Waals surface area contributed by atoms with Crippen LogP contribution in [0.3, 0.4) is 0 Å². The summed E-state index contributed by atoms with van der Waals surface area (Å²) < 4.78 is 60.0. The third-order valence-electron chi connectivity index (χ3n) is 5.07. The third kappa shape index (κ3) is 3.38. The van der Waals surface area contributed by atoms with Crippen molar-refractivity contribution in [3.05, 3.63) is 54.6 Å². The fraction of sp³-hybridized carbons (Fsp3) is 0.250. The minimum Gasteiger partial charge on any atom is -0.496 e. The first-order chi connectivity index (χ1) is 14.4. The lowest BCUT2D eigenvalue weighted by atomic mass is 9.90. The molecule has 0 radical (unpaired) electrons. The lowest BCUT2D eigenvalue weighted by Crippen LogP contribution is -2.63. The average Bonchev–Trinajstić information content (AvgIpc) is 2.65. The summed E-state index contributed by atoms with van der Waals surface area (Å²) in [6.45, 7) is 3.72. The third-order valence-corrected chi connectivity index (χ3v) is 9.35. The molecule has 1 aliphatic heterocycles. The van der Waals surface area contributed by atoms with Crippen molar-refractivity contribution in [3.8, 4) is 22.6 Å². The summed E-state index contributed by atoms with van der Waals surface area (Å²) in [5.74, 6) is 1.07. The van der Waals surface area contributed by atoms with Crippen LogP contribution in [0.4, 0.5) is 10.5 Å². The standard InChI is InChI=1S/C20H22N2O7S2/c1-5-7-16-15-12-13(22(20(21)23,30(3,24)25)31(4,26)27)10-11-14(15)19-17(28-2)8-6-9-18(19)29-16/h5-6,8-12,16H,1,7H2,2-4H3,(H-,21,23)/p+1. The molecule has 1 unspecified atom stereocenters. The molecule has 2 amide bonds. The van der Waals surface area contributed by atoms with Crippen molar-refractivity contribution >= 4 is 31.8 Å². The summed E-state index contributed by atoms with van der Waals surface area (Å²) >= 11 is 0. The Morgan fingerprint density at radius 1 is 1.19 bits per heavy atom. The van der Waals surface area contributed by atoms with E-state index in [-0.39, 0.29) is 5.69 Å². The van der Waals surface area contributed by atoms with Gasteiger partial charge < -0.3 is 15.2 Å². The van der Waals surface area contributed by atoms with Gasteiger partial charge in [0.05, 0.1) is 25.2 Å². The van der Waals surface area contributed by atoms with Crippen LogP contribution in [0.5, 0.6) is 11.5 Å². The average molecular weight is 468 g/mol. The highest BCUT2D eigenvalue weighted by atomic mass is 32.3. The van der Waals surface area contributed by atoms with Crippen LogP contribution in [0.2, 0.25) is 0 Å². The number of benzene rings is 2. The molecule has 166 valence electrons. The van der Waals surface area contributed by atoms with Crippen molar-refractivity contribution in [2.75, 3.05) is 19.6 Å². The molecule has 11 heteroatoms. The molecule has 2 aromatic carbocycles. The molecule has 2 N–H and O–H groups in total. The largest absolute Gasteiger partial charge is 0.496 e. The van der Waals surface area contributed by atoms with E-state index in [9.17, 15) is 21.6 Å². The van der Waals surface area contributed by atoms with E-state index in [1.54, 1.807) is 24.3 Å². The first-order valence-corrected chi connectivity index (χ1v) is 12.8. The SMILES string of the molecule is C=CCC1Oc2cccc(OC)c2-c2ccc([N+](C(N)=O)(S(C)(=O)=O)S(C)(=O)=O)cc21. The number of ether oxygens (including phenoxy) is 2. The smallest absolute Gasteiger partial charge is 0.450 e. The Morgan fingerprint density at radius 3 is 2.35 bits per heavy atom. The molecule has 31 heavy (non-hydrogen) atoms. The molecular formula is C20H23N2O7S2+. The molecular weight excluding hydrogens is 444 g/mol. The molecule has 0 saturated heterocycles. The lowest BCUT2D eigenvalue weighted by Gasteiger charge is -2.32. The van der Waals surface area contributed by atoms with E-state index < -0.39 is 35.5 Å². The normalized spacial score (nSPS) is 15.9. The number of hydrogen-bond acceptors (Lipinski definition) is 7. The number of hydrogen-bond donors (Lipinski definition) is 1. The van der Waals surface area contributed by atoms with Gasteiger partial charge in [-0.1, -0.05) is 12.1 Å². The van der Waals surface area contributed by atoms with Crippen LogP contribution in [-0.4, -0.2) is 42.5 Å². The van der Waals surface area contributed by atoms with Crippen LogP contribution < -0.4 is 18.5 Å². The summed E-state index contributed by atoms with van der Waals surface area (Å²) in [5, 5.41) is 0. The first-order valence-electron chi connectivity index (χ1n) is 9.09. The number of carbonyl (C=O) groups is 1. The second-order valence-electron chi connectivity index (χ2n) is 7.09. The lowest BCUT2D eigenvalue weighted by molar-refractivity contribution is 0.204. The van der Waals surface area contributed by atoms with Gasteiger partial charge in [-0.15, -0.1) is 6.58 Å². The fourth-order valence-electron chi connectivity index (χ4n) is 3.90. The van der Waals surface area contributed by atoms with Gasteiger partial charge in [0.2, 0.25) is 0 Å². The van der Waals surface area contributed by atoms with Crippen molar-refractivity contribution < 1.29 is 31.1 Å². The minimum absolute atomic E-state index is 0.327. The van der Waals surface area contributed by atoms with Gasteiger partial charge in [-0.05, 0) is 27.1 Å². The molecule has 9 nitrogen and oxygen atoms in total. The summed E-state index contributed by atoms with van der Waals surface area (Å²) in [4.78, 5) is 12.4. The molecule has 1 aliphatic rings. The zero-order valence-electron chi connectivity index (χ0n) is 17.2. The maximum absolute atomic E-state index is 12.6. The van der Waals surface area contributed by atoms with Gasteiger partial charge in [0, 0.05) is 24.1 Å². The number of primary amides is 1. The Hall–Kier alpha value is -2.89. The Morgan fingerprint density at radius 2 is 1.84 bits per heavy atom. The number of methoxy groups -OCH3 is 1. The number of fused-ring (bicyclic) bond motifs is 3. The number of amides is 2. The van der Waals surface area contributed by atoms with E-state index >= 15 is 0 Å². The Kier molecular flexibility index (Phi) is 5.63. The number of rotatable bonds is 6. The number of urea groups is 1. The predicted octanol–water partition coefficient (Wildman–Crippen LogP) is 2.68. The van der Waals surface area contributed by atoms with Gasteiger partial charge >= 0.3 is 26.1 Å². The van der Waals surface area contributed by atoms with Crippen LogP contribution >= 0.6 is 0 Å². The van der Waals surface area contributed by atoms with E-state index in [2.05, 4.69) is 6.58 Å². The van der Waals surface area contributed by atoms with Crippen molar-refractivity contribution in [1.29, 1.82) is 0 Å². The zero-order chi connectivity index (χ0) is 23.2. The molecule has 3 rings (SSSR count). The molecule has 0 spiro atoms.